The topological polar surface area (TPSA) is 165 Å². The van der Waals surface area contributed by atoms with E-state index in [2.05, 4.69) is 4.74 Å². The minimum atomic E-state index is -4.67. The first-order valence-corrected chi connectivity index (χ1v) is 5.07. The second-order valence-electron chi connectivity index (χ2n) is 2.68. The molecular formula is C5H12O9S. The summed E-state index contributed by atoms with van der Waals surface area (Å²) in [5, 5.41) is 35.0. The normalized spacial score (nSPS) is 35.9. The molecule has 0 aromatic carbocycles. The predicted octanol–water partition coefficient (Wildman–Crippen LogP) is -3.24. The average molecular weight is 248 g/mol. The molecule has 0 radical (unpaired) electrons. The van der Waals surface area contributed by atoms with E-state index in [1.165, 1.54) is 0 Å². The van der Waals surface area contributed by atoms with Crippen LogP contribution in [-0.2, 0) is 15.1 Å². The molecule has 1 heterocycles. The van der Waals surface area contributed by atoms with Gasteiger partial charge in [0.25, 0.3) is 0 Å². The zero-order valence-corrected chi connectivity index (χ0v) is 8.15. The summed E-state index contributed by atoms with van der Waals surface area (Å²) < 4.78 is 36.1. The van der Waals surface area contributed by atoms with Crippen molar-refractivity contribution in [2.75, 3.05) is 6.61 Å². The summed E-state index contributed by atoms with van der Waals surface area (Å²) in [6.07, 6.45) is -4.76. The molecule has 0 aromatic rings. The van der Waals surface area contributed by atoms with Crippen LogP contribution in [0.4, 0.5) is 0 Å². The molecule has 0 bridgehead atoms. The third kappa shape index (κ3) is 5.96. The SMILES string of the molecule is O=S(=O)(O)O.OC[C@H]1O[C@@H](O)[C@H](O)[C@@H]1O. The zero-order valence-electron chi connectivity index (χ0n) is 7.33. The Morgan fingerprint density at radius 3 is 1.60 bits per heavy atom. The van der Waals surface area contributed by atoms with Gasteiger partial charge in [-0.15, -0.1) is 0 Å². The Bertz CT molecular complexity index is 266. The summed E-state index contributed by atoms with van der Waals surface area (Å²) in [6, 6.07) is 0. The molecule has 0 amide bonds. The van der Waals surface area contributed by atoms with E-state index >= 15 is 0 Å². The largest absolute Gasteiger partial charge is 0.394 e. The van der Waals surface area contributed by atoms with Gasteiger partial charge in [-0.3, -0.25) is 9.11 Å². The molecule has 10 heteroatoms. The van der Waals surface area contributed by atoms with Crippen LogP contribution in [0.5, 0.6) is 0 Å². The molecule has 4 atom stereocenters. The lowest BCUT2D eigenvalue weighted by atomic mass is 10.1. The van der Waals surface area contributed by atoms with E-state index in [-0.39, 0.29) is 0 Å². The third-order valence-corrected chi connectivity index (χ3v) is 1.52. The second kappa shape index (κ2) is 5.67. The van der Waals surface area contributed by atoms with Gasteiger partial charge in [-0.05, 0) is 0 Å². The summed E-state index contributed by atoms with van der Waals surface area (Å²) in [7, 11) is -4.67. The number of hydrogen-bond acceptors (Lipinski definition) is 7. The standard InChI is InChI=1S/C5H10O5.H2O4S/c6-1-2-3(7)4(8)5(9)10-2;1-5(2,3)4/h2-9H,1H2;(H2,1,2,3,4)/t2-,3-,4-,5-;/m1./s1. The van der Waals surface area contributed by atoms with Crippen LogP contribution in [0, 0.1) is 0 Å². The first-order valence-electron chi connectivity index (χ1n) is 3.67. The van der Waals surface area contributed by atoms with Crippen molar-refractivity contribution in [3.63, 3.8) is 0 Å². The van der Waals surface area contributed by atoms with Gasteiger partial charge in [0.15, 0.2) is 6.29 Å². The fraction of sp³-hybridized carbons (Fsp3) is 1.00. The highest BCUT2D eigenvalue weighted by atomic mass is 32.3. The fourth-order valence-electron chi connectivity index (χ4n) is 0.880. The predicted molar refractivity (Wildman–Crippen MR) is 44.2 cm³/mol. The molecule has 9 nitrogen and oxygen atoms in total. The maximum Gasteiger partial charge on any atom is 0.394 e. The van der Waals surface area contributed by atoms with Gasteiger partial charge in [0.2, 0.25) is 0 Å². The molecule has 1 aliphatic rings. The maximum atomic E-state index is 8.93. The monoisotopic (exact) mass is 248 g/mol. The first-order chi connectivity index (χ1) is 6.66. The van der Waals surface area contributed by atoms with E-state index in [9.17, 15) is 0 Å². The van der Waals surface area contributed by atoms with Gasteiger partial charge < -0.3 is 25.2 Å². The molecule has 92 valence electrons. The smallest absolute Gasteiger partial charge is 0.394 e. The van der Waals surface area contributed by atoms with E-state index < -0.39 is 41.6 Å². The van der Waals surface area contributed by atoms with Crippen molar-refractivity contribution in [2.45, 2.75) is 24.6 Å². The van der Waals surface area contributed by atoms with Crippen molar-refractivity contribution in [1.29, 1.82) is 0 Å². The average Bonchev–Trinajstić information content (AvgIpc) is 2.29. The van der Waals surface area contributed by atoms with E-state index in [1.807, 2.05) is 0 Å². The maximum absolute atomic E-state index is 8.93. The molecule has 6 N–H and O–H groups in total. The van der Waals surface area contributed by atoms with Gasteiger partial charge >= 0.3 is 10.4 Å². The molecule has 15 heavy (non-hydrogen) atoms. The van der Waals surface area contributed by atoms with Gasteiger partial charge in [-0.1, -0.05) is 0 Å². The molecule has 0 aromatic heterocycles. The lowest BCUT2D eigenvalue weighted by Crippen LogP contribution is -2.33. The highest BCUT2D eigenvalue weighted by molar-refractivity contribution is 7.79. The Morgan fingerprint density at radius 1 is 1.07 bits per heavy atom. The van der Waals surface area contributed by atoms with Crippen LogP contribution in [0.25, 0.3) is 0 Å². The Hall–Kier alpha value is -0.330. The number of ether oxygens (including phenoxy) is 1. The Balaban J connectivity index is 0.000000336. The Labute approximate surface area is 85.1 Å². The van der Waals surface area contributed by atoms with Crippen LogP contribution in [0.1, 0.15) is 0 Å². The molecule has 0 spiro atoms. The summed E-state index contributed by atoms with van der Waals surface area (Å²) in [5.74, 6) is 0. The summed E-state index contributed by atoms with van der Waals surface area (Å²) in [5.41, 5.74) is 0. The van der Waals surface area contributed by atoms with Gasteiger partial charge in [-0.25, -0.2) is 0 Å². The highest BCUT2D eigenvalue weighted by Gasteiger charge is 2.41. The number of rotatable bonds is 1. The molecule has 0 saturated carbocycles. The number of hydrogen-bond donors (Lipinski definition) is 6. The Morgan fingerprint density at radius 2 is 1.47 bits per heavy atom. The lowest BCUT2D eigenvalue weighted by Gasteiger charge is -2.09. The van der Waals surface area contributed by atoms with E-state index in [4.69, 9.17) is 37.9 Å². The van der Waals surface area contributed by atoms with Gasteiger partial charge in [0.05, 0.1) is 6.61 Å². The van der Waals surface area contributed by atoms with Gasteiger partial charge in [0, 0.05) is 0 Å². The van der Waals surface area contributed by atoms with Crippen molar-refractivity contribution in [2.24, 2.45) is 0 Å². The van der Waals surface area contributed by atoms with E-state index in [1.54, 1.807) is 0 Å². The molecule has 1 saturated heterocycles. The van der Waals surface area contributed by atoms with Crippen molar-refractivity contribution < 1.29 is 42.7 Å². The molecule has 1 rings (SSSR count). The molecular weight excluding hydrogens is 236 g/mol. The Kier molecular flexibility index (Phi) is 5.55. The second-order valence-corrected chi connectivity index (χ2v) is 3.57. The summed E-state index contributed by atoms with van der Waals surface area (Å²) in [4.78, 5) is 0. The van der Waals surface area contributed by atoms with Crippen LogP contribution < -0.4 is 0 Å². The highest BCUT2D eigenvalue weighted by Crippen LogP contribution is 2.18. The molecule has 1 aliphatic heterocycles. The third-order valence-electron chi connectivity index (χ3n) is 1.52. The van der Waals surface area contributed by atoms with Gasteiger partial charge in [0.1, 0.15) is 18.3 Å². The molecule has 1 fully saturated rings. The fourth-order valence-corrected chi connectivity index (χ4v) is 0.880. The van der Waals surface area contributed by atoms with Crippen LogP contribution in [0.15, 0.2) is 0 Å². The number of aliphatic hydroxyl groups excluding tert-OH is 4. The first kappa shape index (κ1) is 14.7. The van der Waals surface area contributed by atoms with Crippen LogP contribution in [0.2, 0.25) is 0 Å². The van der Waals surface area contributed by atoms with Crippen molar-refractivity contribution in [3.8, 4) is 0 Å². The van der Waals surface area contributed by atoms with Crippen molar-refractivity contribution in [3.05, 3.63) is 0 Å². The summed E-state index contributed by atoms with van der Waals surface area (Å²) >= 11 is 0. The minimum absolute atomic E-state index is 0.407. The van der Waals surface area contributed by atoms with Crippen LogP contribution in [-0.4, -0.2) is 69.2 Å². The quantitative estimate of drug-likeness (QED) is 0.261. The van der Waals surface area contributed by atoms with E-state index in [0.717, 1.165) is 0 Å². The zero-order chi connectivity index (χ0) is 12.2. The van der Waals surface area contributed by atoms with Gasteiger partial charge in [-0.2, -0.15) is 8.42 Å². The van der Waals surface area contributed by atoms with E-state index in [0.29, 0.717) is 0 Å². The van der Waals surface area contributed by atoms with Crippen LogP contribution >= 0.6 is 0 Å². The van der Waals surface area contributed by atoms with Crippen LogP contribution in [0.3, 0.4) is 0 Å². The summed E-state index contributed by atoms with van der Waals surface area (Å²) in [6.45, 7) is -0.407. The minimum Gasteiger partial charge on any atom is -0.394 e. The van der Waals surface area contributed by atoms with Crippen molar-refractivity contribution >= 4 is 10.4 Å². The van der Waals surface area contributed by atoms with Crippen molar-refractivity contribution in [1.82, 2.24) is 0 Å². The molecule has 0 unspecified atom stereocenters. The number of aliphatic hydroxyl groups is 4. The lowest BCUT2D eigenvalue weighted by molar-refractivity contribution is -0.132. The molecule has 0 aliphatic carbocycles.